The molecule has 3 aromatic carbocycles. The van der Waals surface area contributed by atoms with Crippen LogP contribution in [0.15, 0.2) is 60.7 Å². The van der Waals surface area contributed by atoms with Crippen molar-refractivity contribution in [3.8, 4) is 22.5 Å². The van der Waals surface area contributed by atoms with Crippen LogP contribution in [0.1, 0.15) is 67.9 Å². The SMILES string of the molecule is Cc1c(F)cc(C(=O)O)cc1-c1ccc(CC(NC(=O)C2CCC(CNC(=O)OC(C)(C)C)CC2)C(=O)Nc2ccc(-c3nn[nH]n3)cc2)cc1. The van der Waals surface area contributed by atoms with Crippen LogP contribution in [0, 0.1) is 24.6 Å². The molecule has 3 amide bonds. The molecule has 1 unspecified atom stereocenters. The zero-order chi connectivity index (χ0) is 36.7. The molecule has 1 saturated carbocycles. The molecule has 1 atom stereocenters. The normalized spacial score (nSPS) is 16.5. The van der Waals surface area contributed by atoms with E-state index in [0.717, 1.165) is 24.5 Å². The summed E-state index contributed by atoms with van der Waals surface area (Å²) in [6.07, 6.45) is 2.39. The molecule has 13 nitrogen and oxygen atoms in total. The Morgan fingerprint density at radius 2 is 1.65 bits per heavy atom. The molecule has 4 aromatic rings. The van der Waals surface area contributed by atoms with Gasteiger partial charge in [0.05, 0.1) is 5.56 Å². The first-order valence-electron chi connectivity index (χ1n) is 16.8. The topological polar surface area (TPSA) is 188 Å². The van der Waals surface area contributed by atoms with Crippen molar-refractivity contribution in [2.75, 3.05) is 11.9 Å². The number of halogens is 1. The summed E-state index contributed by atoms with van der Waals surface area (Å²) in [4.78, 5) is 50.9. The fourth-order valence-corrected chi connectivity index (χ4v) is 6.04. The van der Waals surface area contributed by atoms with E-state index in [0.29, 0.717) is 53.2 Å². The Bertz CT molecular complexity index is 1850. The lowest BCUT2D eigenvalue weighted by Crippen LogP contribution is -2.48. The van der Waals surface area contributed by atoms with E-state index in [-0.39, 0.29) is 29.7 Å². The number of anilines is 1. The van der Waals surface area contributed by atoms with E-state index in [1.165, 1.54) is 6.07 Å². The Hall–Kier alpha value is -5.66. The number of aromatic carboxylic acids is 1. The monoisotopic (exact) mass is 699 g/mol. The van der Waals surface area contributed by atoms with Crippen molar-refractivity contribution in [1.82, 2.24) is 31.3 Å². The number of alkyl carbamates (subject to hydrolysis) is 1. The number of tetrazole rings is 1. The summed E-state index contributed by atoms with van der Waals surface area (Å²) in [7, 11) is 0. The van der Waals surface area contributed by atoms with E-state index >= 15 is 0 Å². The minimum Gasteiger partial charge on any atom is -0.478 e. The first-order chi connectivity index (χ1) is 24.3. The van der Waals surface area contributed by atoms with Gasteiger partial charge in [0.15, 0.2) is 0 Å². The Balaban J connectivity index is 1.27. The fraction of sp³-hybridized carbons (Fsp3) is 0.378. The second-order valence-electron chi connectivity index (χ2n) is 13.8. The lowest BCUT2D eigenvalue weighted by molar-refractivity contribution is -0.130. The molecular formula is C37H42FN7O6. The Kier molecular flexibility index (Phi) is 11.4. The van der Waals surface area contributed by atoms with Crippen LogP contribution in [-0.2, 0) is 20.7 Å². The molecule has 0 bridgehead atoms. The number of hydrogen-bond acceptors (Lipinski definition) is 8. The minimum absolute atomic E-state index is 0.157. The number of aromatic amines is 1. The van der Waals surface area contributed by atoms with Crippen LogP contribution in [0.25, 0.3) is 22.5 Å². The second-order valence-corrected chi connectivity index (χ2v) is 13.8. The maximum absolute atomic E-state index is 14.5. The van der Waals surface area contributed by atoms with Crippen molar-refractivity contribution in [1.29, 1.82) is 0 Å². The van der Waals surface area contributed by atoms with Crippen molar-refractivity contribution in [2.24, 2.45) is 11.8 Å². The van der Waals surface area contributed by atoms with Gasteiger partial charge in [-0.25, -0.2) is 14.0 Å². The van der Waals surface area contributed by atoms with Crippen LogP contribution >= 0.6 is 0 Å². The average Bonchev–Trinajstić information content (AvgIpc) is 3.64. The highest BCUT2D eigenvalue weighted by atomic mass is 19.1. The molecule has 0 saturated heterocycles. The van der Waals surface area contributed by atoms with Crippen molar-refractivity contribution in [3.05, 3.63) is 83.2 Å². The third-order valence-corrected chi connectivity index (χ3v) is 8.84. The third kappa shape index (κ3) is 9.96. The number of carbonyl (C=O) groups excluding carboxylic acids is 3. The molecule has 268 valence electrons. The Labute approximate surface area is 294 Å². The lowest BCUT2D eigenvalue weighted by atomic mass is 9.81. The van der Waals surface area contributed by atoms with E-state index in [9.17, 15) is 28.7 Å². The number of carbonyl (C=O) groups is 4. The van der Waals surface area contributed by atoms with Crippen LogP contribution in [0.3, 0.4) is 0 Å². The number of rotatable bonds is 11. The van der Waals surface area contributed by atoms with Gasteiger partial charge in [-0.05, 0) is 123 Å². The highest BCUT2D eigenvalue weighted by molar-refractivity contribution is 5.98. The van der Waals surface area contributed by atoms with Gasteiger partial charge in [0.1, 0.15) is 17.5 Å². The van der Waals surface area contributed by atoms with Gasteiger partial charge in [-0.2, -0.15) is 5.21 Å². The van der Waals surface area contributed by atoms with E-state index in [4.69, 9.17) is 4.74 Å². The zero-order valence-electron chi connectivity index (χ0n) is 29.0. The maximum Gasteiger partial charge on any atom is 0.407 e. The molecule has 5 rings (SSSR count). The van der Waals surface area contributed by atoms with Gasteiger partial charge in [-0.3, -0.25) is 9.59 Å². The predicted octanol–water partition coefficient (Wildman–Crippen LogP) is 5.68. The van der Waals surface area contributed by atoms with Gasteiger partial charge in [-0.15, -0.1) is 10.2 Å². The number of hydrogen-bond donors (Lipinski definition) is 5. The average molecular weight is 700 g/mol. The largest absolute Gasteiger partial charge is 0.478 e. The molecule has 0 spiro atoms. The summed E-state index contributed by atoms with van der Waals surface area (Å²) in [5.74, 6) is -2.17. The molecule has 1 fully saturated rings. The van der Waals surface area contributed by atoms with Crippen LogP contribution in [0.4, 0.5) is 14.9 Å². The van der Waals surface area contributed by atoms with E-state index in [1.807, 2.05) is 0 Å². The van der Waals surface area contributed by atoms with E-state index < -0.39 is 35.4 Å². The van der Waals surface area contributed by atoms with Gasteiger partial charge in [-0.1, -0.05) is 24.3 Å². The van der Waals surface area contributed by atoms with Gasteiger partial charge in [0.25, 0.3) is 0 Å². The second kappa shape index (κ2) is 15.9. The number of ether oxygens (including phenoxy) is 1. The number of H-pyrrole nitrogens is 1. The molecule has 1 heterocycles. The number of carboxylic acid groups (broad SMARTS) is 1. The molecule has 1 aliphatic rings. The Morgan fingerprint density at radius 3 is 2.25 bits per heavy atom. The van der Waals surface area contributed by atoms with Crippen molar-refractivity contribution in [3.63, 3.8) is 0 Å². The summed E-state index contributed by atoms with van der Waals surface area (Å²) in [6.45, 7) is 7.46. The lowest BCUT2D eigenvalue weighted by Gasteiger charge is -2.29. The minimum atomic E-state index is -1.23. The zero-order valence-corrected chi connectivity index (χ0v) is 29.0. The van der Waals surface area contributed by atoms with Crippen LogP contribution in [0.2, 0.25) is 0 Å². The number of amides is 3. The van der Waals surface area contributed by atoms with Crippen LogP contribution in [0.5, 0.6) is 0 Å². The fourth-order valence-electron chi connectivity index (χ4n) is 6.04. The summed E-state index contributed by atoms with van der Waals surface area (Å²) in [6, 6.07) is 15.4. The molecular weight excluding hydrogens is 657 g/mol. The molecule has 0 aliphatic heterocycles. The highest BCUT2D eigenvalue weighted by Gasteiger charge is 2.30. The predicted molar refractivity (Wildman–Crippen MR) is 187 cm³/mol. The standard InChI is InChI=1S/C37H42FN7O6/c1-21-29(18-27(35(48)49)19-30(21)38)24-9-5-22(6-10-24)17-31(34(47)40-28-15-13-25(14-16-28)32-42-44-45-43-32)41-33(46)26-11-7-23(8-12-26)20-39-36(50)51-37(2,3)4/h5-6,9-10,13-16,18-19,23,26,31H,7-8,11-12,17,20H2,1-4H3,(H,39,50)(H,40,47)(H,41,46)(H,48,49)(H,42,43,44,45). The molecule has 14 heteroatoms. The van der Waals surface area contributed by atoms with Crippen molar-refractivity contribution < 1.29 is 33.4 Å². The molecule has 51 heavy (non-hydrogen) atoms. The third-order valence-electron chi connectivity index (χ3n) is 8.84. The van der Waals surface area contributed by atoms with E-state index in [1.54, 1.807) is 76.2 Å². The van der Waals surface area contributed by atoms with E-state index in [2.05, 4.69) is 36.6 Å². The molecule has 5 N–H and O–H groups in total. The molecule has 1 aliphatic carbocycles. The van der Waals surface area contributed by atoms with Crippen LogP contribution < -0.4 is 16.0 Å². The van der Waals surface area contributed by atoms with Crippen molar-refractivity contribution in [2.45, 2.75) is 71.4 Å². The number of nitrogens with zero attached hydrogens (tertiary/aromatic N) is 3. The van der Waals surface area contributed by atoms with Gasteiger partial charge < -0.3 is 25.8 Å². The van der Waals surface area contributed by atoms with Gasteiger partial charge in [0.2, 0.25) is 17.6 Å². The number of aromatic nitrogens is 4. The number of benzene rings is 3. The first-order valence-corrected chi connectivity index (χ1v) is 16.8. The highest BCUT2D eigenvalue weighted by Crippen LogP contribution is 2.30. The van der Waals surface area contributed by atoms with Crippen LogP contribution in [-0.4, -0.2) is 67.8 Å². The summed E-state index contributed by atoms with van der Waals surface area (Å²) in [5, 5.41) is 32.0. The van der Waals surface area contributed by atoms with Crippen molar-refractivity contribution >= 4 is 29.6 Å². The molecule has 0 radical (unpaired) electrons. The summed E-state index contributed by atoms with van der Waals surface area (Å²) in [5.41, 5.74) is 2.58. The number of carboxylic acids is 1. The first kappa shape index (κ1) is 36.6. The molecule has 1 aromatic heterocycles. The summed E-state index contributed by atoms with van der Waals surface area (Å²) >= 11 is 0. The number of nitrogens with one attached hydrogen (secondary N) is 4. The van der Waals surface area contributed by atoms with Gasteiger partial charge in [0, 0.05) is 30.1 Å². The smallest absolute Gasteiger partial charge is 0.407 e. The maximum atomic E-state index is 14.5. The Morgan fingerprint density at radius 1 is 0.980 bits per heavy atom. The van der Waals surface area contributed by atoms with Gasteiger partial charge >= 0.3 is 12.1 Å². The summed E-state index contributed by atoms with van der Waals surface area (Å²) < 4.78 is 19.9. The quantitative estimate of drug-likeness (QED) is 0.131.